The van der Waals surface area contributed by atoms with Gasteiger partial charge in [0.1, 0.15) is 12.1 Å². The van der Waals surface area contributed by atoms with E-state index in [1.54, 1.807) is 36.8 Å². The summed E-state index contributed by atoms with van der Waals surface area (Å²) in [5.74, 6) is 0.525. The van der Waals surface area contributed by atoms with Crippen molar-refractivity contribution in [1.82, 2.24) is 15.0 Å². The maximum atomic E-state index is 12.5. The zero-order valence-electron chi connectivity index (χ0n) is 14.1. The van der Waals surface area contributed by atoms with Gasteiger partial charge in [-0.2, -0.15) is 8.78 Å². The van der Waals surface area contributed by atoms with Gasteiger partial charge >= 0.3 is 6.61 Å². The van der Waals surface area contributed by atoms with Gasteiger partial charge in [0.15, 0.2) is 0 Å². The molecule has 0 atom stereocenters. The Balaban J connectivity index is 1.96. The van der Waals surface area contributed by atoms with Crippen LogP contribution in [0.3, 0.4) is 0 Å². The fourth-order valence-corrected chi connectivity index (χ4v) is 2.55. The highest BCUT2D eigenvalue weighted by molar-refractivity contribution is 5.70. The summed E-state index contributed by atoms with van der Waals surface area (Å²) in [6, 6.07) is 8.40. The van der Waals surface area contributed by atoms with Crippen LogP contribution < -0.4 is 9.47 Å². The van der Waals surface area contributed by atoms with Gasteiger partial charge < -0.3 is 9.47 Å². The first-order valence-corrected chi connectivity index (χ1v) is 8.06. The van der Waals surface area contributed by atoms with E-state index in [-0.39, 0.29) is 5.75 Å². The molecule has 0 aliphatic rings. The number of aromatic nitrogens is 3. The standard InChI is InChI=1S/C19H17F2N3O2/c1-2-25-18-17(15-4-3-5-16(8-15)26-19(20)21)7-13(11-24-18)6-14-9-22-12-23-10-14/h3-5,7-12,19H,2,6H2,1H3. The molecule has 0 radical (unpaired) electrons. The van der Waals surface area contributed by atoms with Crippen LogP contribution in [0.2, 0.25) is 0 Å². The first kappa shape index (κ1) is 17.7. The molecule has 0 saturated heterocycles. The Labute approximate surface area is 149 Å². The van der Waals surface area contributed by atoms with Crippen molar-refractivity contribution in [1.29, 1.82) is 0 Å². The number of benzene rings is 1. The number of hydrogen-bond donors (Lipinski definition) is 0. The molecule has 0 unspecified atom stereocenters. The minimum Gasteiger partial charge on any atom is -0.478 e. The van der Waals surface area contributed by atoms with Gasteiger partial charge in [0.2, 0.25) is 5.88 Å². The molecule has 0 bridgehead atoms. The summed E-state index contributed by atoms with van der Waals surface area (Å²) in [7, 11) is 0. The van der Waals surface area contributed by atoms with Gasteiger partial charge in [0, 0.05) is 30.6 Å². The lowest BCUT2D eigenvalue weighted by Gasteiger charge is -2.12. The van der Waals surface area contributed by atoms with Gasteiger partial charge in [-0.15, -0.1) is 0 Å². The smallest absolute Gasteiger partial charge is 0.387 e. The zero-order valence-corrected chi connectivity index (χ0v) is 14.1. The first-order chi connectivity index (χ1) is 12.7. The summed E-state index contributed by atoms with van der Waals surface area (Å²) in [6.07, 6.45) is 7.27. The zero-order chi connectivity index (χ0) is 18.4. The van der Waals surface area contributed by atoms with Crippen LogP contribution in [0.15, 0.2) is 55.2 Å². The highest BCUT2D eigenvalue weighted by Crippen LogP contribution is 2.32. The van der Waals surface area contributed by atoms with E-state index in [9.17, 15) is 8.78 Å². The molecule has 3 rings (SSSR count). The number of alkyl halides is 2. The van der Waals surface area contributed by atoms with E-state index in [0.717, 1.165) is 11.1 Å². The van der Waals surface area contributed by atoms with Crippen molar-refractivity contribution in [2.45, 2.75) is 20.0 Å². The molecular weight excluding hydrogens is 340 g/mol. The SMILES string of the molecule is CCOc1ncc(Cc2cncnc2)cc1-c1cccc(OC(F)F)c1. The van der Waals surface area contributed by atoms with E-state index >= 15 is 0 Å². The Morgan fingerprint density at radius 2 is 1.85 bits per heavy atom. The number of rotatable bonds is 7. The Morgan fingerprint density at radius 1 is 1.04 bits per heavy atom. The predicted molar refractivity (Wildman–Crippen MR) is 92.3 cm³/mol. The van der Waals surface area contributed by atoms with E-state index in [1.807, 2.05) is 13.0 Å². The Morgan fingerprint density at radius 3 is 2.58 bits per heavy atom. The number of nitrogens with zero attached hydrogens (tertiary/aromatic N) is 3. The summed E-state index contributed by atoms with van der Waals surface area (Å²) in [5, 5.41) is 0. The van der Waals surface area contributed by atoms with Crippen LogP contribution >= 0.6 is 0 Å². The predicted octanol–water partition coefficient (Wildman–Crippen LogP) is 4.13. The molecule has 0 fully saturated rings. The van der Waals surface area contributed by atoms with Crippen molar-refractivity contribution in [3.05, 3.63) is 66.4 Å². The van der Waals surface area contributed by atoms with Crippen molar-refractivity contribution >= 4 is 0 Å². The molecular formula is C19H17F2N3O2. The number of halogens is 2. The highest BCUT2D eigenvalue weighted by atomic mass is 19.3. The average molecular weight is 357 g/mol. The van der Waals surface area contributed by atoms with Crippen LogP contribution in [-0.2, 0) is 6.42 Å². The lowest BCUT2D eigenvalue weighted by Crippen LogP contribution is -2.02. The Kier molecular flexibility index (Phi) is 5.68. The summed E-state index contributed by atoms with van der Waals surface area (Å²) >= 11 is 0. The van der Waals surface area contributed by atoms with Crippen molar-refractivity contribution in [2.24, 2.45) is 0 Å². The molecule has 0 spiro atoms. The summed E-state index contributed by atoms with van der Waals surface area (Å²) in [4.78, 5) is 12.4. The van der Waals surface area contributed by atoms with Crippen molar-refractivity contribution in [3.63, 3.8) is 0 Å². The van der Waals surface area contributed by atoms with Crippen molar-refractivity contribution in [2.75, 3.05) is 6.61 Å². The molecule has 0 amide bonds. The fraction of sp³-hybridized carbons (Fsp3) is 0.211. The maximum absolute atomic E-state index is 12.5. The second-order valence-corrected chi connectivity index (χ2v) is 5.46. The van der Waals surface area contributed by atoms with Gasteiger partial charge in [-0.3, -0.25) is 0 Å². The largest absolute Gasteiger partial charge is 0.478 e. The van der Waals surface area contributed by atoms with Crippen LogP contribution in [0.25, 0.3) is 11.1 Å². The minimum absolute atomic E-state index is 0.0850. The highest BCUT2D eigenvalue weighted by Gasteiger charge is 2.12. The van der Waals surface area contributed by atoms with Gasteiger partial charge in [-0.25, -0.2) is 15.0 Å². The average Bonchev–Trinajstić information content (AvgIpc) is 2.64. The summed E-state index contributed by atoms with van der Waals surface area (Å²) < 4.78 is 35.1. The van der Waals surface area contributed by atoms with Crippen molar-refractivity contribution in [3.8, 4) is 22.8 Å². The molecule has 0 N–H and O–H groups in total. The minimum atomic E-state index is -2.88. The third kappa shape index (κ3) is 4.50. The lowest BCUT2D eigenvalue weighted by atomic mass is 10.0. The summed E-state index contributed by atoms with van der Waals surface area (Å²) in [6.45, 7) is -0.574. The Hall–Kier alpha value is -3.09. The van der Waals surface area contributed by atoms with E-state index in [4.69, 9.17) is 4.74 Å². The van der Waals surface area contributed by atoms with E-state index in [1.165, 1.54) is 12.4 Å². The van der Waals surface area contributed by atoms with Crippen LogP contribution in [0.5, 0.6) is 11.6 Å². The molecule has 2 heterocycles. The topological polar surface area (TPSA) is 57.1 Å². The molecule has 2 aromatic heterocycles. The van der Waals surface area contributed by atoms with Crippen LogP contribution in [0.4, 0.5) is 8.78 Å². The fourth-order valence-electron chi connectivity index (χ4n) is 2.55. The molecule has 7 heteroatoms. The number of ether oxygens (including phenoxy) is 2. The molecule has 0 saturated carbocycles. The molecule has 26 heavy (non-hydrogen) atoms. The van der Waals surface area contributed by atoms with E-state index in [2.05, 4.69) is 19.7 Å². The molecule has 0 aliphatic heterocycles. The number of pyridine rings is 1. The van der Waals surface area contributed by atoms with Crippen LogP contribution in [0, 0.1) is 0 Å². The molecule has 134 valence electrons. The lowest BCUT2D eigenvalue weighted by molar-refractivity contribution is -0.0498. The van der Waals surface area contributed by atoms with Gasteiger partial charge in [-0.1, -0.05) is 12.1 Å². The monoisotopic (exact) mass is 357 g/mol. The van der Waals surface area contributed by atoms with Crippen LogP contribution in [-0.4, -0.2) is 28.2 Å². The third-order valence-electron chi connectivity index (χ3n) is 3.58. The van der Waals surface area contributed by atoms with E-state index < -0.39 is 6.61 Å². The molecule has 5 nitrogen and oxygen atoms in total. The number of hydrogen-bond acceptors (Lipinski definition) is 5. The normalized spacial score (nSPS) is 10.8. The summed E-state index contributed by atoms with van der Waals surface area (Å²) in [5.41, 5.74) is 3.27. The second-order valence-electron chi connectivity index (χ2n) is 5.46. The van der Waals surface area contributed by atoms with Crippen molar-refractivity contribution < 1.29 is 18.3 Å². The molecule has 3 aromatic rings. The van der Waals surface area contributed by atoms with Gasteiger partial charge in [0.25, 0.3) is 0 Å². The molecule has 0 aliphatic carbocycles. The maximum Gasteiger partial charge on any atom is 0.387 e. The van der Waals surface area contributed by atoms with Gasteiger partial charge in [0.05, 0.1) is 6.61 Å². The van der Waals surface area contributed by atoms with Gasteiger partial charge in [-0.05, 0) is 41.8 Å². The van der Waals surface area contributed by atoms with E-state index in [0.29, 0.717) is 30.0 Å². The Bertz CT molecular complexity index is 860. The second kappa shape index (κ2) is 8.33. The molecule has 1 aromatic carbocycles. The third-order valence-corrected chi connectivity index (χ3v) is 3.58. The quantitative estimate of drug-likeness (QED) is 0.636. The van der Waals surface area contributed by atoms with Crippen LogP contribution in [0.1, 0.15) is 18.1 Å². The first-order valence-electron chi connectivity index (χ1n) is 8.06.